The van der Waals surface area contributed by atoms with Crippen molar-refractivity contribution in [1.82, 2.24) is 9.62 Å². The van der Waals surface area contributed by atoms with Crippen LogP contribution in [0.1, 0.15) is 19.4 Å². The Balaban J connectivity index is 0.00000288. The fourth-order valence-electron chi connectivity index (χ4n) is 2.31. The molecule has 0 bridgehead atoms. The molecule has 0 spiro atoms. The van der Waals surface area contributed by atoms with Crippen LogP contribution in [-0.4, -0.2) is 51.7 Å². The van der Waals surface area contributed by atoms with Crippen LogP contribution in [0.15, 0.2) is 34.2 Å². The quantitative estimate of drug-likeness (QED) is 0.786. The van der Waals surface area contributed by atoms with Gasteiger partial charge in [-0.3, -0.25) is 14.5 Å². The zero-order valence-corrected chi connectivity index (χ0v) is 15.6. The normalized spacial score (nSPS) is 16.9. The molecule has 0 atom stereocenters. The summed E-state index contributed by atoms with van der Waals surface area (Å²) >= 11 is 0. The zero-order chi connectivity index (χ0) is 17.3. The molecule has 0 fully saturated rings. The number of benzene rings is 1. The molecule has 0 unspecified atom stereocenters. The van der Waals surface area contributed by atoms with Gasteiger partial charge in [0.1, 0.15) is 12.4 Å². The van der Waals surface area contributed by atoms with Gasteiger partial charge in [0, 0.05) is 19.2 Å². The minimum Gasteiger partial charge on any atom is -0.344 e. The number of halogens is 1. The Bertz CT molecular complexity index is 747. The van der Waals surface area contributed by atoms with Crippen LogP contribution >= 0.6 is 12.4 Å². The van der Waals surface area contributed by atoms with E-state index in [2.05, 4.69) is 9.71 Å². The van der Waals surface area contributed by atoms with E-state index < -0.39 is 10.0 Å². The van der Waals surface area contributed by atoms with Gasteiger partial charge >= 0.3 is 0 Å². The molecule has 24 heavy (non-hydrogen) atoms. The van der Waals surface area contributed by atoms with Gasteiger partial charge in [-0.25, -0.2) is 8.42 Å². The Kier molecular flexibility index (Phi) is 6.38. The maximum atomic E-state index is 12.2. The van der Waals surface area contributed by atoms with Gasteiger partial charge in [0.25, 0.3) is 10.0 Å². The summed E-state index contributed by atoms with van der Waals surface area (Å²) in [5.41, 5.74) is 5.98. The molecule has 1 aromatic rings. The molecule has 1 amide bonds. The third-order valence-corrected chi connectivity index (χ3v) is 5.08. The van der Waals surface area contributed by atoms with Crippen molar-refractivity contribution in [2.75, 3.05) is 26.7 Å². The molecule has 134 valence electrons. The Hall–Kier alpha value is -1.64. The summed E-state index contributed by atoms with van der Waals surface area (Å²) in [4.78, 5) is 18.1. The minimum atomic E-state index is -3.58. The first kappa shape index (κ1) is 20.4. The lowest BCUT2D eigenvalue weighted by Gasteiger charge is -2.28. The van der Waals surface area contributed by atoms with Gasteiger partial charge in [0.05, 0.1) is 4.90 Å². The maximum absolute atomic E-state index is 12.2. The number of amidine groups is 1. The van der Waals surface area contributed by atoms with Crippen molar-refractivity contribution in [3.05, 3.63) is 29.8 Å². The second kappa shape index (κ2) is 7.50. The van der Waals surface area contributed by atoms with E-state index in [1.54, 1.807) is 30.1 Å². The smallest absolute Gasteiger partial charge is 0.263 e. The van der Waals surface area contributed by atoms with Crippen molar-refractivity contribution in [2.45, 2.75) is 18.7 Å². The van der Waals surface area contributed by atoms with E-state index >= 15 is 0 Å². The molecular weight excluding hydrogens is 352 g/mol. The van der Waals surface area contributed by atoms with Crippen LogP contribution in [0.4, 0.5) is 0 Å². The van der Waals surface area contributed by atoms with Crippen molar-refractivity contribution < 1.29 is 13.2 Å². The van der Waals surface area contributed by atoms with Crippen molar-refractivity contribution in [3.8, 4) is 0 Å². The summed E-state index contributed by atoms with van der Waals surface area (Å²) in [7, 11) is -1.89. The van der Waals surface area contributed by atoms with Gasteiger partial charge in [-0.15, -0.1) is 12.4 Å². The van der Waals surface area contributed by atoms with Gasteiger partial charge in [-0.2, -0.15) is 0 Å². The minimum absolute atomic E-state index is 0. The summed E-state index contributed by atoms with van der Waals surface area (Å²) in [6.07, 6.45) is 0. The van der Waals surface area contributed by atoms with Crippen LogP contribution in [0.5, 0.6) is 0 Å². The summed E-state index contributed by atoms with van der Waals surface area (Å²) in [6, 6.07) is 6.55. The van der Waals surface area contributed by atoms with E-state index in [-0.39, 0.29) is 41.0 Å². The van der Waals surface area contributed by atoms with E-state index in [0.717, 1.165) is 0 Å². The average Bonchev–Trinajstić information content (AvgIpc) is 2.76. The van der Waals surface area contributed by atoms with Crippen LogP contribution in [0, 0.1) is 5.41 Å². The highest BCUT2D eigenvalue weighted by Gasteiger charge is 2.30. The monoisotopic (exact) mass is 374 g/mol. The SMILES string of the molecule is CN(CC(C)(C)CN)C(=O)CN=C1NS(=O)(=O)c2ccccc21.Cl. The molecule has 2 rings (SSSR count). The second-order valence-electron chi connectivity index (χ2n) is 6.38. The van der Waals surface area contributed by atoms with Gasteiger partial charge in [-0.05, 0) is 24.1 Å². The van der Waals surface area contributed by atoms with Crippen molar-refractivity contribution >= 4 is 34.2 Å². The highest BCUT2D eigenvalue weighted by Crippen LogP contribution is 2.22. The van der Waals surface area contributed by atoms with E-state index in [0.29, 0.717) is 18.7 Å². The summed E-state index contributed by atoms with van der Waals surface area (Å²) < 4.78 is 26.3. The number of fused-ring (bicyclic) bond motifs is 1. The van der Waals surface area contributed by atoms with Crippen LogP contribution < -0.4 is 10.5 Å². The molecule has 9 heteroatoms. The Morgan fingerprint density at radius 3 is 2.58 bits per heavy atom. The Labute approximate surface area is 148 Å². The molecule has 7 nitrogen and oxygen atoms in total. The van der Waals surface area contributed by atoms with Crippen LogP contribution in [-0.2, 0) is 14.8 Å². The van der Waals surface area contributed by atoms with Gasteiger partial charge < -0.3 is 10.6 Å². The molecular formula is C15H23ClN4O3S. The molecule has 1 aromatic carbocycles. The van der Waals surface area contributed by atoms with Crippen molar-refractivity contribution in [2.24, 2.45) is 16.1 Å². The lowest BCUT2D eigenvalue weighted by molar-refractivity contribution is -0.129. The number of aliphatic imine (C=N–C) groups is 1. The van der Waals surface area contributed by atoms with Gasteiger partial charge in [-0.1, -0.05) is 26.0 Å². The van der Waals surface area contributed by atoms with E-state index in [4.69, 9.17) is 5.73 Å². The summed E-state index contributed by atoms with van der Waals surface area (Å²) in [5, 5.41) is 0. The van der Waals surface area contributed by atoms with Crippen LogP contribution in [0.25, 0.3) is 0 Å². The number of carbonyl (C=O) groups is 1. The maximum Gasteiger partial charge on any atom is 0.263 e. The van der Waals surface area contributed by atoms with Gasteiger partial charge in [0.15, 0.2) is 0 Å². The highest BCUT2D eigenvalue weighted by molar-refractivity contribution is 7.90. The van der Waals surface area contributed by atoms with E-state index in [9.17, 15) is 13.2 Å². The lowest BCUT2D eigenvalue weighted by Crippen LogP contribution is -2.40. The molecule has 1 aliphatic heterocycles. The molecule has 3 N–H and O–H groups in total. The predicted octanol–water partition coefficient (Wildman–Crippen LogP) is 0.590. The number of hydrogen-bond acceptors (Lipinski definition) is 5. The molecule has 0 radical (unpaired) electrons. The third-order valence-electron chi connectivity index (χ3n) is 3.68. The molecule has 0 saturated carbocycles. The fraction of sp³-hybridized carbons (Fsp3) is 0.467. The molecule has 0 aromatic heterocycles. The third kappa shape index (κ3) is 4.46. The number of hydrogen-bond donors (Lipinski definition) is 2. The first-order valence-electron chi connectivity index (χ1n) is 7.27. The van der Waals surface area contributed by atoms with Crippen molar-refractivity contribution in [1.29, 1.82) is 0 Å². The number of likely N-dealkylation sites (N-methyl/N-ethyl adjacent to an activating group) is 1. The predicted molar refractivity (Wildman–Crippen MR) is 95.9 cm³/mol. The van der Waals surface area contributed by atoms with E-state index in [1.807, 2.05) is 13.8 Å². The second-order valence-corrected chi connectivity index (χ2v) is 8.04. The van der Waals surface area contributed by atoms with Gasteiger partial charge in [0.2, 0.25) is 5.91 Å². The lowest BCUT2D eigenvalue weighted by atomic mass is 9.93. The molecule has 1 heterocycles. The summed E-state index contributed by atoms with van der Waals surface area (Å²) in [5.74, 6) is 0.0167. The Morgan fingerprint density at radius 2 is 1.96 bits per heavy atom. The number of carbonyl (C=O) groups excluding carboxylic acids is 1. The average molecular weight is 375 g/mol. The topological polar surface area (TPSA) is 105 Å². The first-order chi connectivity index (χ1) is 10.7. The van der Waals surface area contributed by atoms with Crippen LogP contribution in [0.3, 0.4) is 0 Å². The number of nitrogens with two attached hydrogens (primary N) is 1. The number of nitrogens with zero attached hydrogens (tertiary/aromatic N) is 2. The number of amides is 1. The summed E-state index contributed by atoms with van der Waals surface area (Å²) in [6.45, 7) is 4.80. The van der Waals surface area contributed by atoms with E-state index in [1.165, 1.54) is 6.07 Å². The standard InChI is InChI=1S/C15H22N4O3S.ClH/c1-15(2,9-16)10-19(3)13(20)8-17-14-11-6-4-5-7-12(11)23(21,22)18-14;/h4-7H,8-10,16H2,1-3H3,(H,17,18);1H. The zero-order valence-electron chi connectivity index (χ0n) is 13.9. The molecule has 1 aliphatic rings. The highest BCUT2D eigenvalue weighted by atomic mass is 35.5. The molecule has 0 saturated heterocycles. The number of nitrogens with one attached hydrogen (secondary N) is 1. The van der Waals surface area contributed by atoms with Crippen molar-refractivity contribution in [3.63, 3.8) is 0 Å². The number of rotatable bonds is 5. The largest absolute Gasteiger partial charge is 0.344 e. The first-order valence-corrected chi connectivity index (χ1v) is 8.75. The fourth-order valence-corrected chi connectivity index (χ4v) is 3.56. The number of sulfonamides is 1. The Morgan fingerprint density at radius 1 is 1.33 bits per heavy atom. The van der Waals surface area contributed by atoms with Crippen LogP contribution in [0.2, 0.25) is 0 Å². The molecule has 0 aliphatic carbocycles.